The lowest BCUT2D eigenvalue weighted by atomic mass is 9.86. The molecule has 170 valence electrons. The second-order valence-corrected chi connectivity index (χ2v) is 9.38. The summed E-state index contributed by atoms with van der Waals surface area (Å²) in [6, 6.07) is 5.84. The molecule has 2 amide bonds. The molecule has 1 aliphatic heterocycles. The van der Waals surface area contributed by atoms with Crippen LogP contribution in [0.1, 0.15) is 66.0 Å². The van der Waals surface area contributed by atoms with Crippen molar-refractivity contribution in [2.45, 2.75) is 46.5 Å². The third kappa shape index (κ3) is 4.28. The Kier molecular flexibility index (Phi) is 6.86. The minimum absolute atomic E-state index is 0.0233. The van der Waals surface area contributed by atoms with Crippen molar-refractivity contribution in [3.8, 4) is 0 Å². The molecule has 0 atom stereocenters. The van der Waals surface area contributed by atoms with Crippen LogP contribution >= 0.6 is 15.9 Å². The maximum atomic E-state index is 13.1. The molecule has 0 radical (unpaired) electrons. The zero-order valence-electron chi connectivity index (χ0n) is 19.0. The largest absolute Gasteiger partial charge is 0.358 e. The second-order valence-electron chi connectivity index (χ2n) is 8.47. The van der Waals surface area contributed by atoms with Crippen LogP contribution in [0.5, 0.6) is 0 Å². The lowest BCUT2D eigenvalue weighted by molar-refractivity contribution is -0.110. The fraction of sp³-hybridized carbons (Fsp3) is 0.440. The van der Waals surface area contributed by atoms with Gasteiger partial charge in [0.1, 0.15) is 0 Å². The number of benzene rings is 1. The Bertz CT molecular complexity index is 1080. The Hall–Kier alpha value is -2.38. The number of hydrogen-bond donors (Lipinski definition) is 3. The van der Waals surface area contributed by atoms with E-state index in [0.717, 1.165) is 94.7 Å². The lowest BCUT2D eigenvalue weighted by Gasteiger charge is -2.19. The van der Waals surface area contributed by atoms with Gasteiger partial charge in [-0.3, -0.25) is 9.59 Å². The van der Waals surface area contributed by atoms with Crippen LogP contribution in [0, 0.1) is 6.92 Å². The van der Waals surface area contributed by atoms with E-state index < -0.39 is 0 Å². The van der Waals surface area contributed by atoms with Gasteiger partial charge in [0.15, 0.2) is 0 Å². The number of nitrogens with zero attached hydrogens (tertiary/aromatic N) is 1. The van der Waals surface area contributed by atoms with Crippen molar-refractivity contribution in [1.29, 1.82) is 0 Å². The third-order valence-corrected chi connectivity index (χ3v) is 7.03. The molecule has 0 spiro atoms. The number of aromatic amines is 1. The molecule has 6 nitrogen and oxygen atoms in total. The van der Waals surface area contributed by atoms with Gasteiger partial charge >= 0.3 is 0 Å². The highest BCUT2D eigenvalue weighted by atomic mass is 79.9. The molecule has 2 aliphatic rings. The van der Waals surface area contributed by atoms with Crippen LogP contribution in [0.25, 0.3) is 11.1 Å². The molecule has 0 saturated carbocycles. The summed E-state index contributed by atoms with van der Waals surface area (Å²) in [6.45, 7) is 9.96. The third-order valence-electron chi connectivity index (χ3n) is 6.53. The first-order valence-electron chi connectivity index (χ1n) is 11.5. The number of nitrogens with one attached hydrogen (secondary N) is 3. The number of hydrogen-bond acceptors (Lipinski definition) is 3. The first kappa shape index (κ1) is 22.8. The van der Waals surface area contributed by atoms with Gasteiger partial charge < -0.3 is 20.5 Å². The average Bonchev–Trinajstić information content (AvgIpc) is 3.28. The lowest BCUT2D eigenvalue weighted by Crippen LogP contribution is -2.30. The molecule has 3 N–H and O–H groups in total. The monoisotopic (exact) mass is 498 g/mol. The van der Waals surface area contributed by atoms with Crippen LogP contribution in [0.2, 0.25) is 0 Å². The zero-order valence-corrected chi connectivity index (χ0v) is 20.6. The van der Waals surface area contributed by atoms with Crippen LogP contribution < -0.4 is 10.6 Å². The van der Waals surface area contributed by atoms with Crippen molar-refractivity contribution in [2.24, 2.45) is 0 Å². The van der Waals surface area contributed by atoms with E-state index in [2.05, 4.69) is 50.3 Å². The Balaban J connectivity index is 1.61. The Morgan fingerprint density at radius 3 is 2.75 bits per heavy atom. The molecule has 7 heteroatoms. The molecular formula is C25H31BrN4O2. The van der Waals surface area contributed by atoms with E-state index in [4.69, 9.17) is 0 Å². The smallest absolute Gasteiger partial charge is 0.256 e. The molecule has 1 aliphatic carbocycles. The number of aromatic nitrogens is 1. The molecule has 2 aromatic rings. The van der Waals surface area contributed by atoms with Crippen LogP contribution in [-0.2, 0) is 11.2 Å². The van der Waals surface area contributed by atoms with Gasteiger partial charge in [-0.15, -0.1) is 0 Å². The number of rotatable bonds is 7. The highest BCUT2D eigenvalue weighted by Crippen LogP contribution is 2.43. The molecule has 0 fully saturated rings. The van der Waals surface area contributed by atoms with Crippen LogP contribution in [0.15, 0.2) is 22.7 Å². The minimum Gasteiger partial charge on any atom is -0.358 e. The molecule has 0 bridgehead atoms. The van der Waals surface area contributed by atoms with Crippen molar-refractivity contribution in [2.75, 3.05) is 31.5 Å². The fourth-order valence-electron chi connectivity index (χ4n) is 4.88. The summed E-state index contributed by atoms with van der Waals surface area (Å²) < 4.78 is 0.939. The molecule has 1 aromatic heterocycles. The fourth-order valence-corrected chi connectivity index (χ4v) is 5.24. The quantitative estimate of drug-likeness (QED) is 0.380. The van der Waals surface area contributed by atoms with Crippen LogP contribution in [-0.4, -0.2) is 47.9 Å². The molecule has 2 heterocycles. The highest BCUT2D eigenvalue weighted by molar-refractivity contribution is 9.10. The number of amides is 2. The van der Waals surface area contributed by atoms with Gasteiger partial charge in [-0.05, 0) is 81.6 Å². The molecule has 32 heavy (non-hydrogen) atoms. The zero-order chi connectivity index (χ0) is 22.8. The Labute approximate surface area is 198 Å². The first-order chi connectivity index (χ1) is 15.4. The number of carbonyl (C=O) groups is 2. The van der Waals surface area contributed by atoms with Gasteiger partial charge in [-0.25, -0.2) is 0 Å². The van der Waals surface area contributed by atoms with Crippen molar-refractivity contribution in [1.82, 2.24) is 15.2 Å². The summed E-state index contributed by atoms with van der Waals surface area (Å²) in [6.07, 6.45) is 3.50. The number of halogens is 1. The first-order valence-corrected chi connectivity index (χ1v) is 12.3. The van der Waals surface area contributed by atoms with Crippen molar-refractivity contribution in [3.63, 3.8) is 0 Å². The maximum absolute atomic E-state index is 13.1. The molecule has 1 aromatic carbocycles. The Morgan fingerprint density at radius 2 is 2.00 bits per heavy atom. The van der Waals surface area contributed by atoms with E-state index in [0.29, 0.717) is 6.54 Å². The predicted molar refractivity (Wildman–Crippen MR) is 133 cm³/mol. The van der Waals surface area contributed by atoms with Gasteiger partial charge in [0, 0.05) is 33.7 Å². The van der Waals surface area contributed by atoms with Crippen molar-refractivity contribution >= 4 is 44.6 Å². The van der Waals surface area contributed by atoms with Gasteiger partial charge in [-0.1, -0.05) is 29.8 Å². The molecule has 4 rings (SSSR count). The number of fused-ring (bicyclic) bond motifs is 2. The SMILES string of the molecule is CCN(CC)CCCNC(=O)c1c(C)[nH]c2c1CCC/C2=C1/C(=O)Nc2ccc(Br)cc21. The normalized spacial score (nSPS) is 17.3. The van der Waals surface area contributed by atoms with Crippen molar-refractivity contribution < 1.29 is 9.59 Å². The number of aryl methyl sites for hydroxylation is 1. The average molecular weight is 499 g/mol. The standard InChI is InChI=1S/C25H31BrN4O2/c1-4-30(5-2)13-7-12-27-24(31)21-15(3)28-23-17(21)8-6-9-18(23)22-19-14-16(26)10-11-20(19)29-25(22)32/h10-11,14,28H,4-9,12-13H2,1-3H3,(H,27,31)(H,29,32)/b22-18-. The van der Waals surface area contributed by atoms with E-state index in [1.165, 1.54) is 0 Å². The van der Waals surface area contributed by atoms with E-state index in [9.17, 15) is 9.59 Å². The number of carbonyl (C=O) groups excluding carboxylic acids is 2. The predicted octanol–water partition coefficient (Wildman–Crippen LogP) is 4.75. The van der Waals surface area contributed by atoms with Gasteiger partial charge in [0.25, 0.3) is 11.8 Å². The molecular weight excluding hydrogens is 468 g/mol. The van der Waals surface area contributed by atoms with E-state index in [1.807, 2.05) is 25.1 Å². The summed E-state index contributed by atoms with van der Waals surface area (Å²) in [5, 5.41) is 6.09. The summed E-state index contributed by atoms with van der Waals surface area (Å²) >= 11 is 3.53. The molecule has 0 unspecified atom stereocenters. The van der Waals surface area contributed by atoms with E-state index >= 15 is 0 Å². The Morgan fingerprint density at radius 1 is 1.22 bits per heavy atom. The van der Waals surface area contributed by atoms with Gasteiger partial charge in [-0.2, -0.15) is 0 Å². The van der Waals surface area contributed by atoms with Crippen molar-refractivity contribution in [3.05, 3.63) is 50.8 Å². The summed E-state index contributed by atoms with van der Waals surface area (Å²) in [7, 11) is 0. The van der Waals surface area contributed by atoms with Crippen LogP contribution in [0.4, 0.5) is 5.69 Å². The number of anilines is 1. The second kappa shape index (κ2) is 9.63. The van der Waals surface area contributed by atoms with Crippen LogP contribution in [0.3, 0.4) is 0 Å². The minimum atomic E-state index is -0.0735. The topological polar surface area (TPSA) is 77.2 Å². The van der Waals surface area contributed by atoms with E-state index in [1.54, 1.807) is 0 Å². The maximum Gasteiger partial charge on any atom is 0.256 e. The molecule has 0 saturated heterocycles. The number of allylic oxidation sites excluding steroid dienone is 1. The van der Waals surface area contributed by atoms with E-state index in [-0.39, 0.29) is 11.8 Å². The highest BCUT2D eigenvalue weighted by Gasteiger charge is 2.33. The summed E-state index contributed by atoms with van der Waals surface area (Å²) in [5.74, 6) is -0.0968. The summed E-state index contributed by atoms with van der Waals surface area (Å²) in [5.41, 5.74) is 7.06. The summed E-state index contributed by atoms with van der Waals surface area (Å²) in [4.78, 5) is 31.8. The van der Waals surface area contributed by atoms with Gasteiger partial charge in [0.2, 0.25) is 0 Å². The van der Waals surface area contributed by atoms with Gasteiger partial charge in [0.05, 0.1) is 11.1 Å². The number of H-pyrrole nitrogens is 1.